The van der Waals surface area contributed by atoms with Gasteiger partial charge < -0.3 is 24.2 Å². The van der Waals surface area contributed by atoms with Gasteiger partial charge in [0, 0.05) is 0 Å². The average Bonchev–Trinajstić information content (AvgIpc) is 3.26. The van der Waals surface area contributed by atoms with Crippen molar-refractivity contribution in [1.29, 1.82) is 0 Å². The number of ether oxygens (including phenoxy) is 2. The van der Waals surface area contributed by atoms with Crippen LogP contribution in [0, 0.1) is 0 Å². The van der Waals surface area contributed by atoms with Gasteiger partial charge in [-0.1, -0.05) is 204 Å². The Morgan fingerprint density at radius 1 is 0.446 bits per heavy atom. The molecule has 65 heavy (non-hydrogen) atoms. The van der Waals surface area contributed by atoms with Crippen LogP contribution < -0.4 is 14.6 Å². The number of rotatable bonds is 32. The minimum absolute atomic E-state index is 0. The fourth-order valence-electron chi connectivity index (χ4n) is 7.74. The van der Waals surface area contributed by atoms with Crippen molar-refractivity contribution in [3.63, 3.8) is 0 Å². The molecule has 4 rings (SSSR count). The van der Waals surface area contributed by atoms with Crippen LogP contribution in [0.4, 0.5) is 0 Å². The third kappa shape index (κ3) is 23.6. The molecule has 13 heteroatoms. The molecule has 0 spiro atoms. The van der Waals surface area contributed by atoms with Gasteiger partial charge in [-0.05, 0) is 79.0 Å². The van der Waals surface area contributed by atoms with Crippen molar-refractivity contribution in [2.45, 2.75) is 191 Å². The number of hydrogen-bond donors (Lipinski definition) is 2. The van der Waals surface area contributed by atoms with Crippen LogP contribution in [-0.2, 0) is 33.1 Å². The second-order valence-electron chi connectivity index (χ2n) is 16.8. The molecule has 10 nitrogen and oxygen atoms in total. The van der Waals surface area contributed by atoms with E-state index >= 15 is 0 Å². The molecule has 0 saturated carbocycles. The zero-order chi connectivity index (χ0) is 46.5. The van der Waals surface area contributed by atoms with Gasteiger partial charge in [0.05, 0.1) is 4.90 Å². The molecule has 0 saturated heterocycles. The van der Waals surface area contributed by atoms with E-state index in [0.29, 0.717) is 11.5 Å². The first-order valence-electron chi connectivity index (χ1n) is 23.9. The molecule has 0 unspecified atom stereocenters. The summed E-state index contributed by atoms with van der Waals surface area (Å²) in [6.07, 6.45) is 32.6. The van der Waals surface area contributed by atoms with Gasteiger partial charge in [-0.3, -0.25) is 4.55 Å². The van der Waals surface area contributed by atoms with E-state index in [9.17, 15) is 36.2 Å². The number of hydrogen-bond acceptors (Lipinski definition) is 9. The number of aryl methyl sites for hydroxylation is 2. The third-order valence-electron chi connectivity index (χ3n) is 11.4. The molecule has 0 aromatic heterocycles. The maximum absolute atomic E-state index is 12.3. The van der Waals surface area contributed by atoms with Crippen LogP contribution in [0.1, 0.15) is 179 Å². The Morgan fingerprint density at radius 2 is 0.769 bits per heavy atom. The zero-order valence-electron chi connectivity index (χ0n) is 39.2. The molecule has 0 aliphatic heterocycles. The van der Waals surface area contributed by atoms with Crippen molar-refractivity contribution in [3.05, 3.63) is 96.1 Å². The van der Waals surface area contributed by atoms with Crippen LogP contribution in [0.3, 0.4) is 0 Å². The van der Waals surface area contributed by atoms with Crippen molar-refractivity contribution >= 4 is 58.0 Å². The maximum atomic E-state index is 12.3. The van der Waals surface area contributed by atoms with Crippen molar-refractivity contribution in [2.24, 2.45) is 0 Å². The minimum Gasteiger partial charge on any atom is -0.869 e. The Bertz CT molecular complexity index is 1970. The molecule has 0 heterocycles. The molecule has 0 aliphatic carbocycles. The van der Waals surface area contributed by atoms with E-state index in [1.54, 1.807) is 18.2 Å². The summed E-state index contributed by atoms with van der Waals surface area (Å²) in [4.78, 5) is -1.35. The summed E-state index contributed by atoms with van der Waals surface area (Å²) >= 11 is 0. The summed E-state index contributed by atoms with van der Waals surface area (Å²) in [5.74, 6) is -0.532. The van der Waals surface area contributed by atoms with Gasteiger partial charge in [0.25, 0.3) is 10.1 Å². The van der Waals surface area contributed by atoms with E-state index < -0.39 is 41.5 Å². The van der Waals surface area contributed by atoms with Crippen molar-refractivity contribution in [1.82, 2.24) is 0 Å². The standard InChI is InChI=1S/2C26H38O5S.Ca/c2*1-2-3-4-5-6-7-8-9-10-11-12-13-17-22-18-14-15-19-23(22)31-24-20-16-21-25(26(24)27)32(28,29)30;/h2*14-16,18-21,27H,2-13,17H2,1H3,(H,28,29,30);/q;;+2/p-2. The van der Waals surface area contributed by atoms with Crippen molar-refractivity contribution in [2.75, 3.05) is 0 Å². The molecule has 4 aromatic rings. The van der Waals surface area contributed by atoms with Gasteiger partial charge >= 0.3 is 37.7 Å². The van der Waals surface area contributed by atoms with Gasteiger partial charge in [0.2, 0.25) is 0 Å². The van der Waals surface area contributed by atoms with Crippen LogP contribution in [-0.4, -0.2) is 68.8 Å². The van der Waals surface area contributed by atoms with Crippen molar-refractivity contribution < 1.29 is 45.6 Å². The summed E-state index contributed by atoms with van der Waals surface area (Å²) in [5, 5.41) is 22.5. The van der Waals surface area contributed by atoms with Gasteiger partial charge in [0.15, 0.2) is 11.5 Å². The predicted molar refractivity (Wildman–Crippen MR) is 260 cm³/mol. The van der Waals surface area contributed by atoms with Crippen LogP contribution in [0.2, 0.25) is 0 Å². The Kier molecular flexibility index (Phi) is 30.1. The average molecular weight is 963 g/mol. The summed E-state index contributed by atoms with van der Waals surface area (Å²) < 4.78 is 77.3. The topological polar surface area (TPSA) is 173 Å². The Labute approximate surface area is 421 Å². The molecule has 4 aromatic carbocycles. The van der Waals surface area contributed by atoms with Gasteiger partial charge in [-0.15, -0.1) is 0 Å². The van der Waals surface area contributed by atoms with Crippen LogP contribution >= 0.6 is 0 Å². The first-order valence-corrected chi connectivity index (χ1v) is 26.8. The summed E-state index contributed by atoms with van der Waals surface area (Å²) in [5.41, 5.74) is 1.98. The molecule has 0 bridgehead atoms. The minimum atomic E-state index is -4.84. The second kappa shape index (κ2) is 33.6. The van der Waals surface area contributed by atoms with Crippen LogP contribution in [0.25, 0.3) is 0 Å². The fourth-order valence-corrected chi connectivity index (χ4v) is 8.90. The molecule has 0 aliphatic rings. The second-order valence-corrected chi connectivity index (χ2v) is 19.6. The van der Waals surface area contributed by atoms with Crippen LogP contribution in [0.15, 0.2) is 94.7 Å². The Hall–Kier alpha value is -2.84. The van der Waals surface area contributed by atoms with E-state index in [1.165, 1.54) is 153 Å². The van der Waals surface area contributed by atoms with Gasteiger partial charge in [-0.2, -0.15) is 8.42 Å². The smallest absolute Gasteiger partial charge is 0.869 e. The molecule has 356 valence electrons. The molecule has 0 atom stereocenters. The van der Waals surface area contributed by atoms with E-state index in [4.69, 9.17) is 9.47 Å². The number of benzene rings is 4. The number of phenols is 1. The predicted octanol–water partition coefficient (Wildman–Crippen LogP) is 14.0. The summed E-state index contributed by atoms with van der Waals surface area (Å²) in [6, 6.07) is 22.8. The van der Waals surface area contributed by atoms with Gasteiger partial charge in [-0.25, -0.2) is 8.42 Å². The zero-order valence-corrected chi connectivity index (χ0v) is 43.0. The quantitative estimate of drug-likeness (QED) is 0.0272. The molecule has 2 N–H and O–H groups in total. The largest absolute Gasteiger partial charge is 2.00 e. The van der Waals surface area contributed by atoms with E-state index in [0.717, 1.165) is 61.8 Å². The molecule has 0 amide bonds. The van der Waals surface area contributed by atoms with E-state index in [2.05, 4.69) is 13.8 Å². The van der Waals surface area contributed by atoms with Crippen molar-refractivity contribution in [3.8, 4) is 34.5 Å². The number of aromatic hydroxyl groups is 1. The normalized spacial score (nSPS) is 11.4. The summed E-state index contributed by atoms with van der Waals surface area (Å²) in [6.45, 7) is 4.50. The van der Waals surface area contributed by atoms with E-state index in [-0.39, 0.29) is 49.2 Å². The molecular weight excluding hydrogens is 889 g/mol. The molecule has 0 fully saturated rings. The maximum Gasteiger partial charge on any atom is 2.00 e. The number of unbranched alkanes of at least 4 members (excludes halogenated alkanes) is 22. The monoisotopic (exact) mass is 962 g/mol. The van der Waals surface area contributed by atoms with Gasteiger partial charge in [0.1, 0.15) is 32.3 Å². The fraction of sp³-hybridized carbons (Fsp3) is 0.538. The third-order valence-corrected chi connectivity index (χ3v) is 13.2. The SMILES string of the molecule is CCCCCCCCCCCCCCc1ccccc1Oc1cccc(S(=O)(=O)O)c1O.CCCCCCCCCCCCCCc1ccccc1Oc1cccc(S(=O)(=O)[O-])c1[O-].[Ca+2]. The van der Waals surface area contributed by atoms with Crippen LogP contribution in [0.5, 0.6) is 34.5 Å². The molecule has 0 radical (unpaired) electrons. The first-order chi connectivity index (χ1) is 30.9. The first kappa shape index (κ1) is 58.3. The Morgan fingerprint density at radius 3 is 1.15 bits per heavy atom. The number of phenolic OH excluding ortho intramolecular Hbond substituents is 1. The molecular formula is C52H74CaO10S2. The van der Waals surface area contributed by atoms with E-state index in [1.807, 2.05) is 30.3 Å². The number of para-hydroxylation sites is 4. The summed E-state index contributed by atoms with van der Waals surface area (Å²) in [7, 11) is -9.36. The Balaban J connectivity index is 0.000000440.